The van der Waals surface area contributed by atoms with Gasteiger partial charge in [0.15, 0.2) is 0 Å². The van der Waals surface area contributed by atoms with E-state index in [1.54, 1.807) is 18.0 Å². The number of tetrazole rings is 1. The van der Waals surface area contributed by atoms with Gasteiger partial charge in [0.2, 0.25) is 0 Å². The van der Waals surface area contributed by atoms with Crippen LogP contribution < -0.4 is 9.80 Å². The average Bonchev–Trinajstić information content (AvgIpc) is 3.65. The second-order valence-corrected chi connectivity index (χ2v) is 12.8. The molecule has 46 heavy (non-hydrogen) atoms. The number of fused-ring (bicyclic) bond motifs is 1. The van der Waals surface area contributed by atoms with Crippen molar-refractivity contribution in [2.45, 2.75) is 70.3 Å². The molecule has 14 heteroatoms. The van der Waals surface area contributed by atoms with Crippen molar-refractivity contribution >= 4 is 40.2 Å². The molecule has 1 atom stereocenters. The number of aromatic nitrogens is 5. The summed E-state index contributed by atoms with van der Waals surface area (Å²) in [4.78, 5) is 21.6. The molecule has 0 radical (unpaired) electrons. The van der Waals surface area contributed by atoms with Crippen LogP contribution in [0.2, 0.25) is 5.02 Å². The molecule has 2 aliphatic rings. The number of aryl methyl sites for hydroxylation is 1. The van der Waals surface area contributed by atoms with Gasteiger partial charge in [-0.2, -0.15) is 18.0 Å². The van der Waals surface area contributed by atoms with Gasteiger partial charge < -0.3 is 14.9 Å². The fourth-order valence-corrected chi connectivity index (χ4v) is 7.30. The average molecular weight is 660 g/mol. The molecule has 3 heterocycles. The number of aliphatic carboxylic acids is 1. The monoisotopic (exact) mass is 659 g/mol. The molecular formula is C32H34ClF4N7O2. The number of benzene rings is 2. The minimum absolute atomic E-state index is 0.00719. The van der Waals surface area contributed by atoms with E-state index in [0.29, 0.717) is 22.8 Å². The molecule has 1 N–H and O–H groups in total. The highest BCUT2D eigenvalue weighted by atomic mass is 35.5. The first kappa shape index (κ1) is 32.0. The van der Waals surface area contributed by atoms with Crippen LogP contribution in [-0.4, -0.2) is 48.9 Å². The van der Waals surface area contributed by atoms with E-state index in [4.69, 9.17) is 16.6 Å². The third-order valence-corrected chi connectivity index (χ3v) is 9.32. The van der Waals surface area contributed by atoms with Gasteiger partial charge in [-0.05, 0) is 97.5 Å². The lowest BCUT2D eigenvalue weighted by molar-refractivity contribution is -0.139. The predicted molar refractivity (Wildman–Crippen MR) is 165 cm³/mol. The van der Waals surface area contributed by atoms with E-state index in [0.717, 1.165) is 68.2 Å². The van der Waals surface area contributed by atoms with Crippen LogP contribution in [0.15, 0.2) is 42.5 Å². The van der Waals surface area contributed by atoms with Crippen LogP contribution in [0.25, 0.3) is 10.9 Å². The fourth-order valence-electron chi connectivity index (χ4n) is 7.04. The molecule has 0 unspecified atom stereocenters. The zero-order chi connectivity index (χ0) is 32.6. The number of carbonyl (C=O) groups is 1. The molecule has 0 bridgehead atoms. The lowest BCUT2D eigenvalue weighted by Gasteiger charge is -2.38. The summed E-state index contributed by atoms with van der Waals surface area (Å²) < 4.78 is 55.3. The molecule has 1 saturated carbocycles. The van der Waals surface area contributed by atoms with E-state index in [-0.39, 0.29) is 42.4 Å². The Morgan fingerprint density at radius 1 is 1.07 bits per heavy atom. The third-order valence-electron chi connectivity index (χ3n) is 9.11. The van der Waals surface area contributed by atoms with Crippen molar-refractivity contribution < 1.29 is 27.5 Å². The van der Waals surface area contributed by atoms with Crippen molar-refractivity contribution in [2.75, 3.05) is 16.3 Å². The first-order chi connectivity index (χ1) is 21.9. The third kappa shape index (κ3) is 7.19. The van der Waals surface area contributed by atoms with Crippen molar-refractivity contribution in [3.8, 4) is 0 Å². The van der Waals surface area contributed by atoms with E-state index in [1.165, 1.54) is 23.0 Å². The molecule has 244 valence electrons. The van der Waals surface area contributed by atoms with Gasteiger partial charge in [-0.15, -0.1) is 5.10 Å². The molecule has 2 aromatic heterocycles. The Hall–Kier alpha value is -4.00. The van der Waals surface area contributed by atoms with Crippen LogP contribution in [0.1, 0.15) is 61.6 Å². The smallest absolute Gasteiger partial charge is 0.416 e. The number of carboxylic acids is 1. The van der Waals surface area contributed by atoms with Crippen molar-refractivity contribution in [3.63, 3.8) is 0 Å². The highest BCUT2D eigenvalue weighted by molar-refractivity contribution is 6.30. The first-order valence-electron chi connectivity index (χ1n) is 15.4. The Morgan fingerprint density at radius 2 is 1.85 bits per heavy atom. The lowest BCUT2D eigenvalue weighted by Crippen LogP contribution is -2.39. The van der Waals surface area contributed by atoms with E-state index < -0.39 is 23.5 Å². The number of nitrogens with zero attached hydrogens (tertiary/aromatic N) is 7. The fraction of sp³-hybridized carbons (Fsp3) is 0.469. The maximum absolute atomic E-state index is 14.3. The van der Waals surface area contributed by atoms with Gasteiger partial charge in [-0.1, -0.05) is 16.7 Å². The Bertz CT molecular complexity index is 1720. The number of pyridine rings is 1. The maximum Gasteiger partial charge on any atom is 0.416 e. The number of hydrogen-bond acceptors (Lipinski definition) is 7. The molecule has 0 spiro atoms. The molecule has 1 aliphatic carbocycles. The topological polar surface area (TPSA) is 100 Å². The minimum Gasteiger partial charge on any atom is -0.481 e. The van der Waals surface area contributed by atoms with Crippen molar-refractivity contribution in [3.05, 3.63) is 70.0 Å². The molecule has 2 fully saturated rings. The minimum atomic E-state index is -4.57. The van der Waals surface area contributed by atoms with Gasteiger partial charge in [0.1, 0.15) is 11.6 Å². The zero-order valence-corrected chi connectivity index (χ0v) is 26.0. The van der Waals surface area contributed by atoms with Crippen LogP contribution in [0, 0.1) is 17.7 Å². The van der Waals surface area contributed by atoms with Gasteiger partial charge in [0.25, 0.3) is 5.95 Å². The Balaban J connectivity index is 1.36. The SMILES string of the molecule is Cn1nnc(N(Cc2cc(Cl)cc(C(F)(F)F)c2)Cc2cc3ccc(F)cc3nc2N2CCC[C@@H]2C2CCC(CC(=O)O)CC2)n1. The number of rotatable bonds is 9. The van der Waals surface area contributed by atoms with Gasteiger partial charge in [-0.25, -0.2) is 9.37 Å². The summed E-state index contributed by atoms with van der Waals surface area (Å²) in [5.74, 6) is 0.270. The van der Waals surface area contributed by atoms with E-state index in [9.17, 15) is 27.5 Å². The van der Waals surface area contributed by atoms with E-state index in [1.807, 2.05) is 6.07 Å². The van der Waals surface area contributed by atoms with Gasteiger partial charge in [0.05, 0.1) is 18.1 Å². The number of alkyl halides is 3. The van der Waals surface area contributed by atoms with Gasteiger partial charge >= 0.3 is 12.1 Å². The van der Waals surface area contributed by atoms with E-state index in [2.05, 4.69) is 20.3 Å². The largest absolute Gasteiger partial charge is 0.481 e. The number of carboxylic acid groups (broad SMARTS) is 1. The molecule has 2 aromatic carbocycles. The second-order valence-electron chi connectivity index (χ2n) is 12.4. The van der Waals surface area contributed by atoms with Crippen LogP contribution in [-0.2, 0) is 31.1 Å². The summed E-state index contributed by atoms with van der Waals surface area (Å²) in [6.07, 6.45) is 1.07. The summed E-state index contributed by atoms with van der Waals surface area (Å²) in [5.41, 5.74) is 0.761. The highest BCUT2D eigenvalue weighted by Gasteiger charge is 2.37. The quantitative estimate of drug-likeness (QED) is 0.191. The molecule has 6 rings (SSSR count). The molecule has 0 amide bonds. The molecule has 9 nitrogen and oxygen atoms in total. The first-order valence-corrected chi connectivity index (χ1v) is 15.7. The second kappa shape index (κ2) is 13.0. The molecule has 1 aliphatic heterocycles. The molecule has 1 saturated heterocycles. The highest BCUT2D eigenvalue weighted by Crippen LogP contribution is 2.41. The summed E-state index contributed by atoms with van der Waals surface area (Å²) in [6, 6.07) is 9.99. The predicted octanol–water partition coefficient (Wildman–Crippen LogP) is 7.03. The Kier molecular flexibility index (Phi) is 9.04. The summed E-state index contributed by atoms with van der Waals surface area (Å²) in [5, 5.41) is 22.4. The maximum atomic E-state index is 14.3. The molecule has 4 aromatic rings. The number of hydrogen-bond donors (Lipinski definition) is 1. The summed E-state index contributed by atoms with van der Waals surface area (Å²) >= 11 is 6.12. The van der Waals surface area contributed by atoms with Gasteiger partial charge in [0, 0.05) is 54.1 Å². The van der Waals surface area contributed by atoms with Crippen molar-refractivity contribution in [1.82, 2.24) is 25.2 Å². The van der Waals surface area contributed by atoms with Gasteiger partial charge in [-0.3, -0.25) is 4.79 Å². The standard InChI is InChI=1S/C32H34ClF4N7O2/c1-42-40-31(39-41-42)43(17-20-11-24(32(35,36)37)15-25(33)12-20)18-23-14-22-8-9-26(34)16-27(22)38-30(23)44-10-2-3-28(44)21-6-4-19(5-7-21)13-29(45)46/h8-9,11-12,14-16,19,21,28H,2-7,10,13,17-18H2,1H3,(H,45,46)/t19?,21?,28-/m1/s1. The number of halogens is 5. The van der Waals surface area contributed by atoms with Crippen LogP contribution in [0.3, 0.4) is 0 Å². The van der Waals surface area contributed by atoms with Crippen LogP contribution >= 0.6 is 11.6 Å². The summed E-state index contributed by atoms with van der Waals surface area (Å²) in [6.45, 7) is 0.935. The van der Waals surface area contributed by atoms with Crippen LogP contribution in [0.4, 0.5) is 29.3 Å². The Labute approximate surface area is 268 Å². The van der Waals surface area contributed by atoms with Crippen LogP contribution in [0.5, 0.6) is 0 Å². The zero-order valence-electron chi connectivity index (χ0n) is 25.2. The van der Waals surface area contributed by atoms with Crippen molar-refractivity contribution in [1.29, 1.82) is 0 Å². The Morgan fingerprint density at radius 3 is 2.54 bits per heavy atom. The number of anilines is 2. The van der Waals surface area contributed by atoms with E-state index >= 15 is 0 Å². The van der Waals surface area contributed by atoms with Crippen molar-refractivity contribution in [2.24, 2.45) is 18.9 Å². The lowest BCUT2D eigenvalue weighted by atomic mass is 9.76. The summed E-state index contributed by atoms with van der Waals surface area (Å²) in [7, 11) is 1.60. The molecular weight excluding hydrogens is 626 g/mol. The normalized spacial score (nSPS) is 20.4.